The van der Waals surface area contributed by atoms with E-state index in [0.29, 0.717) is 6.04 Å². The highest BCUT2D eigenvalue weighted by molar-refractivity contribution is 5.07. The Kier molecular flexibility index (Phi) is 6.00. The summed E-state index contributed by atoms with van der Waals surface area (Å²) < 4.78 is 0. The Balaban J connectivity index is 2.38. The number of nitrogens with one attached hydrogen (secondary N) is 1. The minimum absolute atomic E-state index is 0.708. The molecule has 88 valence electrons. The lowest BCUT2D eigenvalue weighted by Gasteiger charge is -2.23. The molecular weight excluding hydrogens is 182 g/mol. The van der Waals surface area contributed by atoms with Crippen molar-refractivity contribution in [3.8, 4) is 0 Å². The van der Waals surface area contributed by atoms with Gasteiger partial charge in [0, 0.05) is 6.04 Å². The van der Waals surface area contributed by atoms with Gasteiger partial charge in [0.1, 0.15) is 0 Å². The minimum atomic E-state index is 0.708. The molecule has 0 heterocycles. The fourth-order valence-electron chi connectivity index (χ4n) is 2.50. The van der Waals surface area contributed by atoms with Crippen LogP contribution in [0.4, 0.5) is 0 Å². The Hall–Kier alpha value is -0.300. The maximum atomic E-state index is 3.62. The third kappa shape index (κ3) is 5.36. The van der Waals surface area contributed by atoms with E-state index >= 15 is 0 Å². The lowest BCUT2D eigenvalue weighted by atomic mass is 9.91. The number of hydrogen-bond donors (Lipinski definition) is 1. The minimum Gasteiger partial charge on any atom is -0.314 e. The van der Waals surface area contributed by atoms with Gasteiger partial charge in [-0.1, -0.05) is 32.4 Å². The van der Waals surface area contributed by atoms with Crippen molar-refractivity contribution in [2.75, 3.05) is 6.54 Å². The van der Waals surface area contributed by atoms with Crippen molar-refractivity contribution in [1.29, 1.82) is 0 Å². The molecule has 1 heteroatoms. The van der Waals surface area contributed by atoms with E-state index in [0.717, 1.165) is 12.5 Å². The molecule has 0 aromatic rings. The quantitative estimate of drug-likeness (QED) is 0.654. The van der Waals surface area contributed by atoms with Gasteiger partial charge < -0.3 is 5.32 Å². The Morgan fingerprint density at radius 2 is 2.13 bits per heavy atom. The van der Waals surface area contributed by atoms with E-state index in [4.69, 9.17) is 0 Å². The van der Waals surface area contributed by atoms with Crippen LogP contribution in [-0.2, 0) is 0 Å². The fraction of sp³-hybridized carbons (Fsp3) is 0.857. The largest absolute Gasteiger partial charge is 0.314 e. The van der Waals surface area contributed by atoms with E-state index < -0.39 is 0 Å². The summed E-state index contributed by atoms with van der Waals surface area (Å²) in [4.78, 5) is 0. The molecule has 0 radical (unpaired) electrons. The summed E-state index contributed by atoms with van der Waals surface area (Å²) >= 11 is 0. The van der Waals surface area contributed by atoms with Crippen LogP contribution in [-0.4, -0.2) is 12.6 Å². The van der Waals surface area contributed by atoms with Crippen LogP contribution in [0, 0.1) is 5.92 Å². The Bertz CT molecular complexity index is 194. The van der Waals surface area contributed by atoms with Crippen molar-refractivity contribution >= 4 is 0 Å². The zero-order chi connectivity index (χ0) is 11.1. The summed E-state index contributed by atoms with van der Waals surface area (Å²) in [6, 6.07) is 0.708. The molecule has 0 saturated carbocycles. The highest BCUT2D eigenvalue weighted by Gasteiger charge is 2.13. The second-order valence-corrected chi connectivity index (χ2v) is 5.20. The molecule has 0 fully saturated rings. The molecule has 1 N–H and O–H groups in total. The monoisotopic (exact) mass is 209 g/mol. The second-order valence-electron chi connectivity index (χ2n) is 5.20. The van der Waals surface area contributed by atoms with E-state index in [1.807, 2.05) is 0 Å². The van der Waals surface area contributed by atoms with Crippen molar-refractivity contribution < 1.29 is 0 Å². The molecule has 0 aromatic heterocycles. The molecule has 1 aliphatic rings. The number of rotatable bonds is 6. The zero-order valence-corrected chi connectivity index (χ0v) is 10.7. The van der Waals surface area contributed by atoms with E-state index in [1.54, 1.807) is 5.57 Å². The average molecular weight is 209 g/mol. The normalized spacial score (nSPS) is 19.1. The Morgan fingerprint density at radius 1 is 1.33 bits per heavy atom. The van der Waals surface area contributed by atoms with Crippen LogP contribution >= 0.6 is 0 Å². The van der Waals surface area contributed by atoms with Gasteiger partial charge in [0.2, 0.25) is 0 Å². The molecule has 1 nitrogen and oxygen atoms in total. The molecule has 1 atom stereocenters. The molecule has 0 saturated heterocycles. The molecular formula is C14H27N. The van der Waals surface area contributed by atoms with Gasteiger partial charge in [0.25, 0.3) is 0 Å². The van der Waals surface area contributed by atoms with Crippen LogP contribution in [0.2, 0.25) is 0 Å². The molecule has 0 aliphatic heterocycles. The van der Waals surface area contributed by atoms with Crippen LogP contribution in [0.5, 0.6) is 0 Å². The smallest absolute Gasteiger partial charge is 0.0106 e. The van der Waals surface area contributed by atoms with Crippen molar-refractivity contribution in [2.24, 2.45) is 5.92 Å². The highest BCUT2D eigenvalue weighted by atomic mass is 14.9. The van der Waals surface area contributed by atoms with Crippen molar-refractivity contribution in [3.05, 3.63) is 11.6 Å². The van der Waals surface area contributed by atoms with Gasteiger partial charge in [-0.2, -0.15) is 0 Å². The molecule has 0 bridgehead atoms. The summed E-state index contributed by atoms with van der Waals surface area (Å²) in [5, 5.41) is 3.62. The summed E-state index contributed by atoms with van der Waals surface area (Å²) in [6.07, 6.45) is 10.5. The fourth-order valence-corrected chi connectivity index (χ4v) is 2.50. The Labute approximate surface area is 95.3 Å². The SMILES string of the molecule is CCNC(CC1=CCCCC1)CC(C)C. The van der Waals surface area contributed by atoms with Gasteiger partial charge >= 0.3 is 0 Å². The summed E-state index contributed by atoms with van der Waals surface area (Å²) in [7, 11) is 0. The molecule has 1 unspecified atom stereocenters. The van der Waals surface area contributed by atoms with Crippen molar-refractivity contribution in [2.45, 2.75) is 65.3 Å². The van der Waals surface area contributed by atoms with Crippen LogP contribution in [0.25, 0.3) is 0 Å². The predicted molar refractivity (Wildman–Crippen MR) is 68.1 cm³/mol. The Morgan fingerprint density at radius 3 is 2.67 bits per heavy atom. The third-order valence-corrected chi connectivity index (χ3v) is 3.14. The first-order valence-corrected chi connectivity index (χ1v) is 6.63. The molecule has 1 rings (SSSR count). The molecule has 0 aromatic carbocycles. The first kappa shape index (κ1) is 12.8. The van der Waals surface area contributed by atoms with Crippen LogP contribution in [0.15, 0.2) is 11.6 Å². The molecule has 0 spiro atoms. The summed E-state index contributed by atoms with van der Waals surface area (Å²) in [6.45, 7) is 7.95. The molecule has 15 heavy (non-hydrogen) atoms. The molecule has 0 amide bonds. The van der Waals surface area contributed by atoms with Gasteiger partial charge in [0.15, 0.2) is 0 Å². The number of hydrogen-bond acceptors (Lipinski definition) is 1. The standard InChI is InChI=1S/C14H27N/c1-4-15-14(10-12(2)3)11-13-8-6-5-7-9-13/h8,12,14-15H,4-7,9-11H2,1-3H3. The van der Waals surface area contributed by atoms with Gasteiger partial charge in [-0.15, -0.1) is 0 Å². The summed E-state index contributed by atoms with van der Waals surface area (Å²) in [5.74, 6) is 0.804. The zero-order valence-electron chi connectivity index (χ0n) is 10.7. The number of allylic oxidation sites excluding steroid dienone is 1. The first-order valence-electron chi connectivity index (χ1n) is 6.63. The lowest BCUT2D eigenvalue weighted by molar-refractivity contribution is 0.417. The van der Waals surface area contributed by atoms with Gasteiger partial charge in [-0.05, 0) is 51.0 Å². The van der Waals surface area contributed by atoms with Gasteiger partial charge in [-0.3, -0.25) is 0 Å². The van der Waals surface area contributed by atoms with E-state index in [2.05, 4.69) is 32.2 Å². The van der Waals surface area contributed by atoms with E-state index in [1.165, 1.54) is 38.5 Å². The van der Waals surface area contributed by atoms with Gasteiger partial charge in [-0.25, -0.2) is 0 Å². The van der Waals surface area contributed by atoms with Crippen LogP contribution in [0.3, 0.4) is 0 Å². The average Bonchev–Trinajstić information content (AvgIpc) is 2.18. The lowest BCUT2D eigenvalue weighted by Crippen LogP contribution is -2.30. The van der Waals surface area contributed by atoms with E-state index in [9.17, 15) is 0 Å². The maximum absolute atomic E-state index is 3.62. The summed E-state index contributed by atoms with van der Waals surface area (Å²) in [5.41, 5.74) is 1.70. The van der Waals surface area contributed by atoms with E-state index in [-0.39, 0.29) is 0 Å². The highest BCUT2D eigenvalue weighted by Crippen LogP contribution is 2.23. The first-order chi connectivity index (χ1) is 7.22. The van der Waals surface area contributed by atoms with Gasteiger partial charge in [0.05, 0.1) is 0 Å². The van der Waals surface area contributed by atoms with Crippen LogP contribution < -0.4 is 5.32 Å². The topological polar surface area (TPSA) is 12.0 Å². The maximum Gasteiger partial charge on any atom is 0.0106 e. The predicted octanol–water partition coefficient (Wildman–Crippen LogP) is 3.90. The third-order valence-electron chi connectivity index (χ3n) is 3.14. The van der Waals surface area contributed by atoms with Crippen molar-refractivity contribution in [3.63, 3.8) is 0 Å². The van der Waals surface area contributed by atoms with Crippen LogP contribution in [0.1, 0.15) is 59.3 Å². The van der Waals surface area contributed by atoms with Crippen molar-refractivity contribution in [1.82, 2.24) is 5.32 Å². The second kappa shape index (κ2) is 7.05. The molecule has 1 aliphatic carbocycles.